The van der Waals surface area contributed by atoms with Crippen LogP contribution in [0.1, 0.15) is 10.5 Å². The zero-order valence-electron chi connectivity index (χ0n) is 7.14. The van der Waals surface area contributed by atoms with Gasteiger partial charge < -0.3 is 10.1 Å². The SMILES string of the molecule is O=C(O)c1ccc(-c2ccncn2)[nH]1. The lowest BCUT2D eigenvalue weighted by atomic mass is 10.3. The highest BCUT2D eigenvalue weighted by atomic mass is 16.4. The van der Waals surface area contributed by atoms with Crippen LogP contribution >= 0.6 is 0 Å². The number of nitrogens with zero attached hydrogens (tertiary/aromatic N) is 2. The molecule has 0 aliphatic rings. The number of carboxylic acid groups (broad SMARTS) is 1. The second kappa shape index (κ2) is 3.29. The zero-order chi connectivity index (χ0) is 9.97. The number of hydrogen-bond acceptors (Lipinski definition) is 3. The summed E-state index contributed by atoms with van der Waals surface area (Å²) in [6.45, 7) is 0. The Morgan fingerprint density at radius 2 is 2.21 bits per heavy atom. The minimum atomic E-state index is -0.981. The molecule has 0 radical (unpaired) electrons. The average Bonchev–Trinajstić information content (AvgIpc) is 2.68. The fourth-order valence-electron chi connectivity index (χ4n) is 1.12. The lowest BCUT2D eigenvalue weighted by Crippen LogP contribution is -1.95. The van der Waals surface area contributed by atoms with Crippen molar-refractivity contribution in [1.82, 2.24) is 15.0 Å². The van der Waals surface area contributed by atoms with Gasteiger partial charge in [-0.1, -0.05) is 0 Å². The third kappa shape index (κ3) is 1.47. The lowest BCUT2D eigenvalue weighted by molar-refractivity contribution is 0.0691. The molecule has 5 nitrogen and oxygen atoms in total. The Labute approximate surface area is 79.5 Å². The molecule has 0 aromatic carbocycles. The van der Waals surface area contributed by atoms with Crippen LogP contribution in [0.15, 0.2) is 30.7 Å². The second-order valence-electron chi connectivity index (χ2n) is 2.69. The third-order valence-electron chi connectivity index (χ3n) is 1.77. The summed E-state index contributed by atoms with van der Waals surface area (Å²) < 4.78 is 0. The standard InChI is InChI=1S/C9H7N3O2/c13-9(14)8-2-1-7(12-8)6-3-4-10-5-11-6/h1-5,12H,(H,13,14). The molecule has 2 rings (SSSR count). The zero-order valence-corrected chi connectivity index (χ0v) is 7.14. The highest BCUT2D eigenvalue weighted by Crippen LogP contribution is 2.14. The number of rotatable bonds is 2. The number of carbonyl (C=O) groups is 1. The number of carboxylic acids is 1. The van der Waals surface area contributed by atoms with Gasteiger partial charge >= 0.3 is 5.97 Å². The van der Waals surface area contributed by atoms with Crippen LogP contribution in [0.2, 0.25) is 0 Å². The molecule has 2 heterocycles. The number of nitrogens with one attached hydrogen (secondary N) is 1. The van der Waals surface area contributed by atoms with Gasteiger partial charge in [-0.2, -0.15) is 0 Å². The molecular weight excluding hydrogens is 182 g/mol. The summed E-state index contributed by atoms with van der Waals surface area (Å²) in [5, 5.41) is 8.68. The molecule has 0 bridgehead atoms. The van der Waals surface area contributed by atoms with Gasteiger partial charge in [0.05, 0.1) is 11.4 Å². The molecule has 70 valence electrons. The van der Waals surface area contributed by atoms with Crippen molar-refractivity contribution in [3.05, 3.63) is 36.4 Å². The van der Waals surface area contributed by atoms with Crippen molar-refractivity contribution in [3.63, 3.8) is 0 Å². The van der Waals surface area contributed by atoms with Crippen molar-refractivity contribution in [2.45, 2.75) is 0 Å². The smallest absolute Gasteiger partial charge is 0.352 e. The van der Waals surface area contributed by atoms with Gasteiger partial charge in [-0.3, -0.25) is 0 Å². The topological polar surface area (TPSA) is 78.9 Å². The highest BCUT2D eigenvalue weighted by molar-refractivity contribution is 5.86. The van der Waals surface area contributed by atoms with E-state index in [0.717, 1.165) is 0 Å². The number of aromatic amines is 1. The van der Waals surface area contributed by atoms with E-state index < -0.39 is 5.97 Å². The van der Waals surface area contributed by atoms with E-state index in [1.165, 1.54) is 12.4 Å². The Hall–Kier alpha value is -2.17. The van der Waals surface area contributed by atoms with Gasteiger partial charge in [-0.25, -0.2) is 14.8 Å². The van der Waals surface area contributed by atoms with Crippen molar-refractivity contribution in [3.8, 4) is 11.4 Å². The maximum atomic E-state index is 10.6. The first kappa shape index (κ1) is 8.43. The molecule has 0 amide bonds. The quantitative estimate of drug-likeness (QED) is 0.743. The molecule has 5 heteroatoms. The summed E-state index contributed by atoms with van der Waals surface area (Å²) in [5.74, 6) is -0.981. The Bertz CT molecular complexity index is 450. The summed E-state index contributed by atoms with van der Waals surface area (Å²) in [6.07, 6.45) is 3.01. The molecule has 0 spiro atoms. The first-order valence-corrected chi connectivity index (χ1v) is 3.96. The van der Waals surface area contributed by atoms with Crippen LogP contribution in [0.3, 0.4) is 0 Å². The van der Waals surface area contributed by atoms with Crippen molar-refractivity contribution in [1.29, 1.82) is 0 Å². The van der Waals surface area contributed by atoms with E-state index in [-0.39, 0.29) is 5.69 Å². The predicted octanol–water partition coefficient (Wildman–Crippen LogP) is 1.17. The van der Waals surface area contributed by atoms with Crippen LogP contribution in [0.4, 0.5) is 0 Å². The van der Waals surface area contributed by atoms with Gasteiger partial charge in [0.15, 0.2) is 0 Å². The summed E-state index contributed by atoms with van der Waals surface area (Å²) in [6, 6.07) is 4.88. The molecule has 0 saturated heterocycles. The normalized spacial score (nSPS) is 10.0. The van der Waals surface area contributed by atoms with E-state index in [1.54, 1.807) is 18.3 Å². The van der Waals surface area contributed by atoms with E-state index in [4.69, 9.17) is 5.11 Å². The van der Waals surface area contributed by atoms with Gasteiger partial charge in [-0.05, 0) is 18.2 Å². The van der Waals surface area contributed by atoms with E-state index in [0.29, 0.717) is 11.4 Å². The van der Waals surface area contributed by atoms with Gasteiger partial charge in [0.25, 0.3) is 0 Å². The van der Waals surface area contributed by atoms with Crippen LogP contribution in [-0.4, -0.2) is 26.0 Å². The molecule has 0 aliphatic carbocycles. The van der Waals surface area contributed by atoms with Gasteiger partial charge in [0, 0.05) is 6.20 Å². The Kier molecular flexibility index (Phi) is 1.98. The predicted molar refractivity (Wildman–Crippen MR) is 48.8 cm³/mol. The average molecular weight is 189 g/mol. The number of aromatic nitrogens is 3. The molecule has 0 saturated carbocycles. The molecular formula is C9H7N3O2. The third-order valence-corrected chi connectivity index (χ3v) is 1.77. The lowest BCUT2D eigenvalue weighted by Gasteiger charge is -1.94. The molecule has 2 aromatic heterocycles. The minimum absolute atomic E-state index is 0.151. The van der Waals surface area contributed by atoms with E-state index in [1.807, 2.05) is 0 Å². The van der Waals surface area contributed by atoms with Crippen molar-refractivity contribution in [2.75, 3.05) is 0 Å². The van der Waals surface area contributed by atoms with Crippen LogP contribution in [0.25, 0.3) is 11.4 Å². The molecule has 0 aliphatic heterocycles. The largest absolute Gasteiger partial charge is 0.477 e. The first-order chi connectivity index (χ1) is 6.77. The maximum absolute atomic E-state index is 10.6. The van der Waals surface area contributed by atoms with Crippen LogP contribution in [0.5, 0.6) is 0 Å². The summed E-state index contributed by atoms with van der Waals surface area (Å²) in [4.78, 5) is 21.1. The van der Waals surface area contributed by atoms with Crippen LogP contribution in [0, 0.1) is 0 Å². The van der Waals surface area contributed by atoms with Crippen molar-refractivity contribution in [2.24, 2.45) is 0 Å². The van der Waals surface area contributed by atoms with Gasteiger partial charge in [-0.15, -0.1) is 0 Å². The maximum Gasteiger partial charge on any atom is 0.352 e. The van der Waals surface area contributed by atoms with Crippen molar-refractivity contribution >= 4 is 5.97 Å². The molecule has 2 N–H and O–H groups in total. The van der Waals surface area contributed by atoms with Gasteiger partial charge in [0.2, 0.25) is 0 Å². The Morgan fingerprint density at radius 3 is 2.79 bits per heavy atom. The van der Waals surface area contributed by atoms with E-state index in [9.17, 15) is 4.79 Å². The van der Waals surface area contributed by atoms with E-state index in [2.05, 4.69) is 15.0 Å². The fourth-order valence-corrected chi connectivity index (χ4v) is 1.12. The Morgan fingerprint density at radius 1 is 1.36 bits per heavy atom. The molecule has 14 heavy (non-hydrogen) atoms. The fraction of sp³-hybridized carbons (Fsp3) is 0. The molecule has 0 fully saturated rings. The van der Waals surface area contributed by atoms with Crippen molar-refractivity contribution < 1.29 is 9.90 Å². The molecule has 0 atom stereocenters. The van der Waals surface area contributed by atoms with Gasteiger partial charge in [0.1, 0.15) is 12.0 Å². The first-order valence-electron chi connectivity index (χ1n) is 3.96. The second-order valence-corrected chi connectivity index (χ2v) is 2.69. The number of aromatic carboxylic acids is 1. The highest BCUT2D eigenvalue weighted by Gasteiger charge is 2.07. The number of H-pyrrole nitrogens is 1. The monoisotopic (exact) mass is 189 g/mol. The summed E-state index contributed by atoms with van der Waals surface area (Å²) in [5.41, 5.74) is 1.50. The van der Waals surface area contributed by atoms with Crippen LogP contribution < -0.4 is 0 Å². The molecule has 2 aromatic rings. The Balaban J connectivity index is 2.39. The molecule has 0 unspecified atom stereocenters. The summed E-state index contributed by atoms with van der Waals surface area (Å²) in [7, 11) is 0. The summed E-state index contributed by atoms with van der Waals surface area (Å²) >= 11 is 0. The minimum Gasteiger partial charge on any atom is -0.477 e. The van der Waals surface area contributed by atoms with E-state index >= 15 is 0 Å². The number of hydrogen-bond donors (Lipinski definition) is 2. The van der Waals surface area contributed by atoms with Crippen LogP contribution in [-0.2, 0) is 0 Å².